The van der Waals surface area contributed by atoms with Gasteiger partial charge in [-0.25, -0.2) is 9.97 Å². The van der Waals surface area contributed by atoms with E-state index < -0.39 is 0 Å². The van der Waals surface area contributed by atoms with Crippen LogP contribution in [0.25, 0.3) is 11.4 Å². The molecule has 2 fully saturated rings. The van der Waals surface area contributed by atoms with Crippen molar-refractivity contribution in [3.05, 3.63) is 36.0 Å². The number of carbonyl (C=O) groups is 1. The summed E-state index contributed by atoms with van der Waals surface area (Å²) in [6.07, 6.45) is 5.04. The van der Waals surface area contributed by atoms with E-state index in [1.54, 1.807) is 6.92 Å². The summed E-state index contributed by atoms with van der Waals surface area (Å²) < 4.78 is 0. The minimum absolute atomic E-state index is 0.0771. The van der Waals surface area contributed by atoms with Crippen molar-refractivity contribution in [3.63, 3.8) is 0 Å². The zero-order valence-corrected chi connectivity index (χ0v) is 20.9. The van der Waals surface area contributed by atoms with Gasteiger partial charge in [0.15, 0.2) is 5.82 Å². The Labute approximate surface area is 203 Å². The molecule has 1 aromatic carbocycles. The van der Waals surface area contributed by atoms with Crippen LogP contribution in [0.2, 0.25) is 0 Å². The Kier molecular flexibility index (Phi) is 8.34. The standard InChI is InChI=1S/C26H39N7O/c1-20-19-28-26(22-5-7-24(8-6-22)33-17-15-31(3)16-18-33)30-25(20)27-11-4-12-32-13-9-23(10-14-32)29-21(2)34/h5-8,19,23H,4,9-18H2,1-3H3,(H,29,34)(H,27,28,30). The van der Waals surface area contributed by atoms with E-state index >= 15 is 0 Å². The Morgan fingerprint density at radius 1 is 1.06 bits per heavy atom. The van der Waals surface area contributed by atoms with Crippen LogP contribution < -0.4 is 15.5 Å². The van der Waals surface area contributed by atoms with E-state index in [0.717, 1.165) is 94.4 Å². The smallest absolute Gasteiger partial charge is 0.217 e. The van der Waals surface area contributed by atoms with Crippen LogP contribution >= 0.6 is 0 Å². The first kappa shape index (κ1) is 24.4. The summed E-state index contributed by atoms with van der Waals surface area (Å²) in [7, 11) is 2.18. The topological polar surface area (TPSA) is 76.6 Å². The van der Waals surface area contributed by atoms with E-state index in [-0.39, 0.29) is 5.91 Å². The maximum absolute atomic E-state index is 11.2. The number of nitrogens with zero attached hydrogens (tertiary/aromatic N) is 5. The number of piperazine rings is 1. The number of aromatic nitrogens is 2. The first-order chi connectivity index (χ1) is 16.5. The van der Waals surface area contributed by atoms with Gasteiger partial charge < -0.3 is 25.3 Å². The summed E-state index contributed by atoms with van der Waals surface area (Å²) in [6.45, 7) is 12.0. The summed E-state index contributed by atoms with van der Waals surface area (Å²) >= 11 is 0. The lowest BCUT2D eigenvalue weighted by atomic mass is 10.0. The molecule has 1 aromatic heterocycles. The molecule has 4 rings (SSSR count). The van der Waals surface area contributed by atoms with E-state index in [9.17, 15) is 4.79 Å². The lowest BCUT2D eigenvalue weighted by Gasteiger charge is -2.34. The molecular formula is C26H39N7O. The van der Waals surface area contributed by atoms with Gasteiger partial charge in [-0.2, -0.15) is 0 Å². The number of nitrogens with one attached hydrogen (secondary N) is 2. The molecule has 2 aliphatic rings. The minimum Gasteiger partial charge on any atom is -0.370 e. The number of likely N-dealkylation sites (tertiary alicyclic amines) is 1. The molecule has 0 bridgehead atoms. The Balaban J connectivity index is 1.26. The third-order valence-electron chi connectivity index (χ3n) is 6.90. The van der Waals surface area contributed by atoms with Gasteiger partial charge in [-0.15, -0.1) is 0 Å². The average Bonchev–Trinajstić information content (AvgIpc) is 2.84. The summed E-state index contributed by atoms with van der Waals surface area (Å²) in [4.78, 5) is 27.9. The van der Waals surface area contributed by atoms with Gasteiger partial charge in [-0.05, 0) is 64.0 Å². The summed E-state index contributed by atoms with van der Waals surface area (Å²) in [5.41, 5.74) is 3.38. The van der Waals surface area contributed by atoms with E-state index in [1.165, 1.54) is 5.69 Å². The summed E-state index contributed by atoms with van der Waals surface area (Å²) in [5.74, 6) is 1.75. The largest absolute Gasteiger partial charge is 0.370 e. The van der Waals surface area contributed by atoms with Gasteiger partial charge in [0.1, 0.15) is 5.82 Å². The van der Waals surface area contributed by atoms with Crippen LogP contribution in [0.15, 0.2) is 30.5 Å². The number of likely N-dealkylation sites (N-methyl/N-ethyl adjacent to an activating group) is 1. The fraction of sp³-hybridized carbons (Fsp3) is 0.577. The van der Waals surface area contributed by atoms with Crippen molar-refractivity contribution in [3.8, 4) is 11.4 Å². The van der Waals surface area contributed by atoms with Crippen LogP contribution in [-0.4, -0.2) is 91.1 Å². The predicted octanol–water partition coefficient (Wildman–Crippen LogP) is 2.61. The summed E-state index contributed by atoms with van der Waals surface area (Å²) in [5, 5.41) is 6.56. The van der Waals surface area contributed by atoms with Crippen molar-refractivity contribution in [2.75, 3.05) is 69.6 Å². The molecule has 1 amide bonds. The monoisotopic (exact) mass is 465 g/mol. The minimum atomic E-state index is 0.0771. The van der Waals surface area contributed by atoms with Crippen molar-refractivity contribution < 1.29 is 4.79 Å². The van der Waals surface area contributed by atoms with Crippen molar-refractivity contribution in [1.29, 1.82) is 0 Å². The van der Waals surface area contributed by atoms with Gasteiger partial charge in [0.05, 0.1) is 0 Å². The molecule has 34 heavy (non-hydrogen) atoms. The van der Waals surface area contributed by atoms with Crippen LogP contribution in [0.1, 0.15) is 31.7 Å². The van der Waals surface area contributed by atoms with Crippen LogP contribution in [0.3, 0.4) is 0 Å². The molecule has 184 valence electrons. The Hall–Kier alpha value is -2.71. The molecule has 2 aliphatic heterocycles. The predicted molar refractivity (Wildman–Crippen MR) is 138 cm³/mol. The Morgan fingerprint density at radius 3 is 2.44 bits per heavy atom. The quantitative estimate of drug-likeness (QED) is 0.581. The number of piperidine rings is 1. The first-order valence-electron chi connectivity index (χ1n) is 12.6. The van der Waals surface area contributed by atoms with Crippen molar-refractivity contribution in [2.24, 2.45) is 0 Å². The molecule has 3 heterocycles. The maximum Gasteiger partial charge on any atom is 0.217 e. The number of benzene rings is 1. The van der Waals surface area contributed by atoms with Crippen LogP contribution in [0.4, 0.5) is 11.5 Å². The molecule has 0 saturated carbocycles. The highest BCUT2D eigenvalue weighted by molar-refractivity contribution is 5.73. The molecule has 0 radical (unpaired) electrons. The highest BCUT2D eigenvalue weighted by Crippen LogP contribution is 2.23. The second-order valence-electron chi connectivity index (χ2n) is 9.66. The number of hydrogen-bond acceptors (Lipinski definition) is 7. The maximum atomic E-state index is 11.2. The van der Waals surface area contributed by atoms with Crippen LogP contribution in [0.5, 0.6) is 0 Å². The van der Waals surface area contributed by atoms with E-state index in [2.05, 4.69) is 68.6 Å². The molecule has 2 saturated heterocycles. The molecule has 0 spiro atoms. The average molecular weight is 466 g/mol. The first-order valence-corrected chi connectivity index (χ1v) is 12.6. The van der Waals surface area contributed by atoms with Gasteiger partial charge in [0.2, 0.25) is 5.91 Å². The van der Waals surface area contributed by atoms with Crippen molar-refractivity contribution >= 4 is 17.4 Å². The number of rotatable bonds is 8. The van der Waals surface area contributed by atoms with E-state index in [0.29, 0.717) is 6.04 Å². The number of amides is 1. The second kappa shape index (κ2) is 11.6. The number of aryl methyl sites for hydroxylation is 1. The second-order valence-corrected chi connectivity index (χ2v) is 9.66. The molecule has 0 atom stereocenters. The van der Waals surface area contributed by atoms with Gasteiger partial charge in [-0.1, -0.05) is 0 Å². The third-order valence-corrected chi connectivity index (χ3v) is 6.90. The van der Waals surface area contributed by atoms with Crippen molar-refractivity contribution in [2.45, 2.75) is 39.2 Å². The zero-order valence-electron chi connectivity index (χ0n) is 20.9. The normalized spacial score (nSPS) is 18.1. The lowest BCUT2D eigenvalue weighted by molar-refractivity contribution is -0.119. The van der Waals surface area contributed by atoms with E-state index in [1.807, 2.05) is 6.20 Å². The third kappa shape index (κ3) is 6.67. The number of hydrogen-bond donors (Lipinski definition) is 2. The molecule has 2 N–H and O–H groups in total. The zero-order chi connectivity index (χ0) is 23.9. The molecule has 0 aliphatic carbocycles. The van der Waals surface area contributed by atoms with Gasteiger partial charge in [0.25, 0.3) is 0 Å². The SMILES string of the molecule is CC(=O)NC1CCN(CCCNc2nc(-c3ccc(N4CCN(C)CC4)cc3)ncc2C)CC1. The Morgan fingerprint density at radius 2 is 1.76 bits per heavy atom. The van der Waals surface area contributed by atoms with Gasteiger partial charge in [0, 0.05) is 81.8 Å². The van der Waals surface area contributed by atoms with Crippen LogP contribution in [0, 0.1) is 6.92 Å². The highest BCUT2D eigenvalue weighted by Gasteiger charge is 2.19. The molecule has 8 heteroatoms. The fourth-order valence-electron chi connectivity index (χ4n) is 4.74. The Bertz CT molecular complexity index is 933. The van der Waals surface area contributed by atoms with E-state index in [4.69, 9.17) is 4.98 Å². The fourth-order valence-corrected chi connectivity index (χ4v) is 4.74. The van der Waals surface area contributed by atoms with Crippen LogP contribution in [-0.2, 0) is 4.79 Å². The number of anilines is 2. The lowest BCUT2D eigenvalue weighted by Crippen LogP contribution is -2.44. The molecule has 0 unspecified atom stereocenters. The molecule has 8 nitrogen and oxygen atoms in total. The molecular weight excluding hydrogens is 426 g/mol. The van der Waals surface area contributed by atoms with Gasteiger partial charge in [-0.3, -0.25) is 4.79 Å². The summed E-state index contributed by atoms with van der Waals surface area (Å²) in [6, 6.07) is 8.97. The van der Waals surface area contributed by atoms with Gasteiger partial charge >= 0.3 is 0 Å². The van der Waals surface area contributed by atoms with Crippen molar-refractivity contribution in [1.82, 2.24) is 25.1 Å². The molecule has 2 aromatic rings. The number of carbonyl (C=O) groups excluding carboxylic acids is 1. The highest BCUT2D eigenvalue weighted by atomic mass is 16.1.